The molecule has 0 saturated heterocycles. The summed E-state index contributed by atoms with van der Waals surface area (Å²) in [6, 6.07) is 2.42. The van der Waals surface area contributed by atoms with Crippen LogP contribution < -0.4 is 0 Å². The maximum atomic E-state index is 13.5. The predicted molar refractivity (Wildman–Crippen MR) is 72.9 cm³/mol. The van der Waals surface area contributed by atoms with E-state index in [1.54, 1.807) is 0 Å². The Morgan fingerprint density at radius 3 is 2.63 bits per heavy atom. The van der Waals surface area contributed by atoms with E-state index in [4.69, 9.17) is 16.7 Å². The zero-order valence-electron chi connectivity index (χ0n) is 10.3. The van der Waals surface area contributed by atoms with Gasteiger partial charge in [-0.15, -0.1) is 0 Å². The van der Waals surface area contributed by atoms with Crippen molar-refractivity contribution >= 4 is 39.4 Å². The maximum Gasteiger partial charge on any atom is 0.308 e. The van der Waals surface area contributed by atoms with Gasteiger partial charge in [-0.3, -0.25) is 9.59 Å². The molecule has 7 heteroatoms. The topological polar surface area (TPSA) is 57.6 Å². The number of halogens is 3. The van der Waals surface area contributed by atoms with Gasteiger partial charge in [0.25, 0.3) is 5.91 Å². The summed E-state index contributed by atoms with van der Waals surface area (Å²) in [4.78, 5) is 24.1. The highest BCUT2D eigenvalue weighted by molar-refractivity contribution is 9.10. The van der Waals surface area contributed by atoms with Crippen molar-refractivity contribution in [1.29, 1.82) is 0 Å². The third-order valence-corrected chi connectivity index (χ3v) is 3.56. The second-order valence-electron chi connectivity index (χ2n) is 4.17. The van der Waals surface area contributed by atoms with E-state index in [1.165, 1.54) is 24.9 Å². The molecule has 0 saturated carbocycles. The summed E-state index contributed by atoms with van der Waals surface area (Å²) < 4.78 is 13.5. The molecule has 1 N–H and O–H groups in total. The molecule has 0 bridgehead atoms. The van der Waals surface area contributed by atoms with Crippen molar-refractivity contribution in [3.8, 4) is 0 Å². The van der Waals surface area contributed by atoms with Crippen molar-refractivity contribution in [3.63, 3.8) is 0 Å². The van der Waals surface area contributed by atoms with Gasteiger partial charge in [-0.05, 0) is 28.1 Å². The minimum atomic E-state index is -1.00. The van der Waals surface area contributed by atoms with Gasteiger partial charge in [0.05, 0.1) is 16.0 Å². The number of nitrogens with zero attached hydrogens (tertiary/aromatic N) is 1. The second kappa shape index (κ2) is 6.34. The number of carbonyl (C=O) groups excluding carboxylic acids is 1. The van der Waals surface area contributed by atoms with Crippen molar-refractivity contribution in [2.24, 2.45) is 5.92 Å². The summed E-state index contributed by atoms with van der Waals surface area (Å²) in [6.45, 7) is 1.51. The Morgan fingerprint density at radius 1 is 1.53 bits per heavy atom. The smallest absolute Gasteiger partial charge is 0.308 e. The molecule has 4 nitrogen and oxygen atoms in total. The minimum absolute atomic E-state index is 0.0109. The van der Waals surface area contributed by atoms with E-state index in [-0.39, 0.29) is 21.6 Å². The van der Waals surface area contributed by atoms with Gasteiger partial charge < -0.3 is 10.0 Å². The molecule has 0 aromatic heterocycles. The number of carboxylic acid groups (broad SMARTS) is 1. The highest BCUT2D eigenvalue weighted by Crippen LogP contribution is 2.26. The molecule has 19 heavy (non-hydrogen) atoms. The quantitative estimate of drug-likeness (QED) is 0.847. The summed E-state index contributed by atoms with van der Waals surface area (Å²) in [6.07, 6.45) is 0. The van der Waals surface area contributed by atoms with Crippen molar-refractivity contribution in [2.75, 3.05) is 13.6 Å². The normalized spacial score (nSPS) is 12.1. The van der Waals surface area contributed by atoms with Crippen LogP contribution in [0, 0.1) is 11.7 Å². The molecule has 1 rings (SSSR count). The van der Waals surface area contributed by atoms with Gasteiger partial charge >= 0.3 is 5.97 Å². The summed E-state index contributed by atoms with van der Waals surface area (Å²) in [7, 11) is 1.45. The molecule has 0 aliphatic rings. The van der Waals surface area contributed by atoms with Gasteiger partial charge in [0.1, 0.15) is 5.82 Å². The van der Waals surface area contributed by atoms with E-state index < -0.39 is 23.6 Å². The van der Waals surface area contributed by atoms with Crippen LogP contribution in [-0.4, -0.2) is 35.5 Å². The molecule has 1 amide bonds. The maximum absolute atomic E-state index is 13.5. The molecule has 1 aromatic rings. The number of hydrogen-bond acceptors (Lipinski definition) is 2. The third-order valence-electron chi connectivity index (χ3n) is 2.54. The fourth-order valence-corrected chi connectivity index (χ4v) is 2.09. The second-order valence-corrected chi connectivity index (χ2v) is 5.40. The molecule has 0 aliphatic heterocycles. The summed E-state index contributed by atoms with van der Waals surface area (Å²) in [5.74, 6) is -2.86. The van der Waals surface area contributed by atoms with E-state index in [9.17, 15) is 14.0 Å². The van der Waals surface area contributed by atoms with Crippen LogP contribution in [0.3, 0.4) is 0 Å². The van der Waals surface area contributed by atoms with Gasteiger partial charge in [-0.25, -0.2) is 4.39 Å². The molecule has 0 heterocycles. The number of hydrogen-bond donors (Lipinski definition) is 1. The van der Waals surface area contributed by atoms with E-state index >= 15 is 0 Å². The number of rotatable bonds is 4. The zero-order valence-corrected chi connectivity index (χ0v) is 12.6. The number of amides is 1. The van der Waals surface area contributed by atoms with Crippen molar-refractivity contribution < 1.29 is 19.1 Å². The zero-order chi connectivity index (χ0) is 14.7. The molecular formula is C12H12BrClFNO3. The highest BCUT2D eigenvalue weighted by atomic mass is 79.9. The third kappa shape index (κ3) is 3.91. The highest BCUT2D eigenvalue weighted by Gasteiger charge is 2.22. The van der Waals surface area contributed by atoms with Crippen LogP contribution in [0.5, 0.6) is 0 Å². The Kier molecular flexibility index (Phi) is 5.31. The number of benzene rings is 1. The van der Waals surface area contributed by atoms with Crippen LogP contribution >= 0.6 is 27.5 Å². The van der Waals surface area contributed by atoms with Crippen molar-refractivity contribution in [1.82, 2.24) is 4.90 Å². The monoisotopic (exact) mass is 351 g/mol. The van der Waals surface area contributed by atoms with Crippen LogP contribution in [0.25, 0.3) is 0 Å². The SMILES string of the molecule is CC(CN(C)C(=O)c1cc(Cl)cc(F)c1Br)C(=O)O. The van der Waals surface area contributed by atoms with Crippen LogP contribution in [0.15, 0.2) is 16.6 Å². The fraction of sp³-hybridized carbons (Fsp3) is 0.333. The van der Waals surface area contributed by atoms with E-state index in [2.05, 4.69) is 15.9 Å². The first kappa shape index (κ1) is 15.9. The van der Waals surface area contributed by atoms with Crippen LogP contribution in [0.4, 0.5) is 4.39 Å². The molecule has 1 aromatic carbocycles. The fourth-order valence-electron chi connectivity index (χ4n) is 1.49. The van der Waals surface area contributed by atoms with E-state index in [0.29, 0.717) is 0 Å². The van der Waals surface area contributed by atoms with Crippen LogP contribution in [-0.2, 0) is 4.79 Å². The lowest BCUT2D eigenvalue weighted by molar-refractivity contribution is -0.141. The number of carbonyl (C=O) groups is 2. The average molecular weight is 353 g/mol. The Hall–Kier alpha value is -1.14. The molecule has 0 radical (unpaired) electrons. The molecule has 1 atom stereocenters. The molecule has 0 spiro atoms. The predicted octanol–water partition coefficient (Wildman–Crippen LogP) is 3.03. The molecular weight excluding hydrogens is 340 g/mol. The molecule has 1 unspecified atom stereocenters. The van der Waals surface area contributed by atoms with Crippen LogP contribution in [0.2, 0.25) is 5.02 Å². The van der Waals surface area contributed by atoms with Crippen LogP contribution in [0.1, 0.15) is 17.3 Å². The largest absolute Gasteiger partial charge is 0.481 e. The molecule has 104 valence electrons. The summed E-state index contributed by atoms with van der Waals surface area (Å²) in [5.41, 5.74) is 0.0603. The van der Waals surface area contributed by atoms with Gasteiger partial charge in [-0.1, -0.05) is 18.5 Å². The Bertz CT molecular complexity index is 524. The van der Waals surface area contributed by atoms with Gasteiger partial charge in [0.2, 0.25) is 0 Å². The Labute approximate surface area is 123 Å². The van der Waals surface area contributed by atoms with Gasteiger partial charge in [0, 0.05) is 18.6 Å². The Morgan fingerprint density at radius 2 is 2.11 bits per heavy atom. The number of carboxylic acids is 1. The summed E-state index contributed by atoms with van der Waals surface area (Å²) >= 11 is 8.68. The van der Waals surface area contributed by atoms with E-state index in [0.717, 1.165) is 6.07 Å². The lowest BCUT2D eigenvalue weighted by Gasteiger charge is -2.20. The van der Waals surface area contributed by atoms with Gasteiger partial charge in [-0.2, -0.15) is 0 Å². The lowest BCUT2D eigenvalue weighted by atomic mass is 10.1. The van der Waals surface area contributed by atoms with Gasteiger partial charge in [0.15, 0.2) is 0 Å². The average Bonchev–Trinajstić information content (AvgIpc) is 2.32. The minimum Gasteiger partial charge on any atom is -0.481 e. The standard InChI is InChI=1S/C12H12BrClFNO3/c1-6(12(18)19)5-16(2)11(17)8-3-7(14)4-9(15)10(8)13/h3-4,6H,5H2,1-2H3,(H,18,19). The van der Waals surface area contributed by atoms with Crippen molar-refractivity contribution in [2.45, 2.75) is 6.92 Å². The van der Waals surface area contributed by atoms with E-state index in [1.807, 2.05) is 0 Å². The number of aliphatic carboxylic acids is 1. The lowest BCUT2D eigenvalue weighted by Crippen LogP contribution is -2.34. The molecule has 0 aliphatic carbocycles. The first-order chi connectivity index (χ1) is 8.73. The first-order valence-electron chi connectivity index (χ1n) is 5.36. The summed E-state index contributed by atoms with van der Waals surface area (Å²) in [5, 5.41) is 8.90. The van der Waals surface area contributed by atoms with Crippen molar-refractivity contribution in [3.05, 3.63) is 33.0 Å². The molecule has 0 fully saturated rings. The Balaban J connectivity index is 2.97. The first-order valence-corrected chi connectivity index (χ1v) is 6.54.